The molecule has 1 rings (SSSR count). The summed E-state index contributed by atoms with van der Waals surface area (Å²) in [5, 5.41) is 0. The summed E-state index contributed by atoms with van der Waals surface area (Å²) in [6.07, 6.45) is -1.70. The van der Waals surface area contributed by atoms with E-state index in [4.69, 9.17) is 18.9 Å². The summed E-state index contributed by atoms with van der Waals surface area (Å²) >= 11 is 0. The van der Waals surface area contributed by atoms with E-state index in [9.17, 15) is 14.4 Å². The van der Waals surface area contributed by atoms with Gasteiger partial charge in [0, 0.05) is 26.2 Å². The largest absolute Gasteiger partial charge is 0.462 e. The topological polar surface area (TPSA) is 88.1 Å². The lowest BCUT2D eigenvalue weighted by molar-refractivity contribution is -0.173. The third-order valence-corrected chi connectivity index (χ3v) is 3.52. The number of ether oxygens (including phenoxy) is 4. The highest BCUT2D eigenvalue weighted by Gasteiger charge is 2.31. The summed E-state index contributed by atoms with van der Waals surface area (Å²) in [7, 11) is 2.69. The molecule has 142 valence electrons. The standard InChI is InChI=1S/C19H24O7/c1-13(2)18(21)25-11-10-15(23-3)17(24-4)19(22)26-16(20)12-14-8-6-5-7-9-14/h5-9,15,17H,1,10-12H2,2-4H3. The molecule has 0 amide bonds. The smallest absolute Gasteiger partial charge is 0.345 e. The molecule has 0 N–H and O–H groups in total. The summed E-state index contributed by atoms with van der Waals surface area (Å²) in [4.78, 5) is 35.5. The molecule has 0 heterocycles. The molecule has 1 aromatic rings. The fraction of sp³-hybridized carbons (Fsp3) is 0.421. The van der Waals surface area contributed by atoms with Crippen molar-refractivity contribution in [2.24, 2.45) is 0 Å². The van der Waals surface area contributed by atoms with Gasteiger partial charge in [-0.15, -0.1) is 0 Å². The minimum Gasteiger partial charge on any atom is -0.462 e. The third-order valence-electron chi connectivity index (χ3n) is 3.52. The fourth-order valence-electron chi connectivity index (χ4n) is 2.15. The number of carbonyl (C=O) groups excluding carboxylic acids is 3. The molecule has 2 unspecified atom stereocenters. The molecule has 0 aliphatic rings. The Hall–Kier alpha value is -2.51. The first kappa shape index (κ1) is 21.5. The average molecular weight is 364 g/mol. The Kier molecular flexibility index (Phi) is 9.25. The molecule has 0 bridgehead atoms. The van der Waals surface area contributed by atoms with Crippen molar-refractivity contribution in [3.8, 4) is 0 Å². The van der Waals surface area contributed by atoms with E-state index in [-0.39, 0.29) is 25.0 Å². The van der Waals surface area contributed by atoms with Crippen LogP contribution in [0.2, 0.25) is 0 Å². The number of carbonyl (C=O) groups is 3. The van der Waals surface area contributed by atoms with E-state index >= 15 is 0 Å². The van der Waals surface area contributed by atoms with Gasteiger partial charge < -0.3 is 18.9 Å². The first-order chi connectivity index (χ1) is 12.4. The van der Waals surface area contributed by atoms with E-state index in [1.807, 2.05) is 6.07 Å². The summed E-state index contributed by atoms with van der Waals surface area (Å²) in [6.45, 7) is 5.02. The van der Waals surface area contributed by atoms with Crippen molar-refractivity contribution in [2.75, 3.05) is 20.8 Å². The van der Waals surface area contributed by atoms with Gasteiger partial charge in [0.05, 0.1) is 19.1 Å². The van der Waals surface area contributed by atoms with Crippen molar-refractivity contribution in [3.63, 3.8) is 0 Å². The zero-order chi connectivity index (χ0) is 19.5. The van der Waals surface area contributed by atoms with Crippen LogP contribution in [0.15, 0.2) is 42.5 Å². The minimum absolute atomic E-state index is 0.00923. The minimum atomic E-state index is -1.12. The predicted octanol–water partition coefficient (Wildman–Crippen LogP) is 1.84. The van der Waals surface area contributed by atoms with Crippen LogP contribution in [0.1, 0.15) is 18.9 Å². The maximum atomic E-state index is 12.2. The Morgan fingerprint density at radius 3 is 2.27 bits per heavy atom. The molecule has 1 aromatic carbocycles. The van der Waals surface area contributed by atoms with Gasteiger partial charge in [-0.25, -0.2) is 9.59 Å². The summed E-state index contributed by atoms with van der Waals surface area (Å²) in [5.41, 5.74) is 1.00. The van der Waals surface area contributed by atoms with Crippen LogP contribution in [0, 0.1) is 0 Å². The van der Waals surface area contributed by atoms with Crippen molar-refractivity contribution < 1.29 is 33.3 Å². The molecular formula is C19H24O7. The van der Waals surface area contributed by atoms with Gasteiger partial charge in [0.25, 0.3) is 0 Å². The number of hydrogen-bond acceptors (Lipinski definition) is 7. The van der Waals surface area contributed by atoms with Crippen molar-refractivity contribution in [1.29, 1.82) is 0 Å². The molecule has 0 aliphatic heterocycles. The molecule has 0 saturated carbocycles. The molecule has 0 saturated heterocycles. The highest BCUT2D eigenvalue weighted by molar-refractivity contribution is 5.89. The maximum Gasteiger partial charge on any atom is 0.345 e. The van der Waals surface area contributed by atoms with Crippen LogP contribution in [0.4, 0.5) is 0 Å². The Balaban J connectivity index is 2.57. The van der Waals surface area contributed by atoms with Gasteiger partial charge in [-0.3, -0.25) is 4.79 Å². The van der Waals surface area contributed by atoms with Crippen LogP contribution in [0.5, 0.6) is 0 Å². The lowest BCUT2D eigenvalue weighted by Crippen LogP contribution is -2.40. The summed E-state index contributed by atoms with van der Waals surface area (Å²) in [6, 6.07) is 8.91. The van der Waals surface area contributed by atoms with Crippen LogP contribution in [0.3, 0.4) is 0 Å². The van der Waals surface area contributed by atoms with Crippen molar-refractivity contribution >= 4 is 17.9 Å². The zero-order valence-electron chi connectivity index (χ0n) is 15.2. The number of benzene rings is 1. The van der Waals surface area contributed by atoms with Gasteiger partial charge >= 0.3 is 17.9 Å². The quantitative estimate of drug-likeness (QED) is 0.355. The molecule has 26 heavy (non-hydrogen) atoms. The van der Waals surface area contributed by atoms with Gasteiger partial charge in [-0.2, -0.15) is 0 Å². The third kappa shape index (κ3) is 7.16. The Morgan fingerprint density at radius 2 is 1.73 bits per heavy atom. The number of esters is 3. The highest BCUT2D eigenvalue weighted by Crippen LogP contribution is 2.11. The van der Waals surface area contributed by atoms with Gasteiger partial charge in [0.1, 0.15) is 0 Å². The molecule has 0 aromatic heterocycles. The highest BCUT2D eigenvalue weighted by atomic mass is 16.6. The maximum absolute atomic E-state index is 12.2. The van der Waals surface area contributed by atoms with Crippen molar-refractivity contribution in [3.05, 3.63) is 48.0 Å². The first-order valence-electron chi connectivity index (χ1n) is 8.05. The van der Waals surface area contributed by atoms with Crippen LogP contribution < -0.4 is 0 Å². The molecule has 7 nitrogen and oxygen atoms in total. The van der Waals surface area contributed by atoms with Crippen LogP contribution in [-0.2, 0) is 39.8 Å². The lowest BCUT2D eigenvalue weighted by Gasteiger charge is -2.22. The number of hydrogen-bond donors (Lipinski definition) is 0. The zero-order valence-corrected chi connectivity index (χ0v) is 15.2. The van der Waals surface area contributed by atoms with E-state index in [1.165, 1.54) is 21.1 Å². The van der Waals surface area contributed by atoms with Gasteiger partial charge in [0.15, 0.2) is 6.10 Å². The Bertz CT molecular complexity index is 624. The Morgan fingerprint density at radius 1 is 1.08 bits per heavy atom. The second-order valence-corrected chi connectivity index (χ2v) is 5.59. The van der Waals surface area contributed by atoms with Gasteiger partial charge in [-0.05, 0) is 12.5 Å². The monoisotopic (exact) mass is 364 g/mol. The second kappa shape index (κ2) is 11.2. The van der Waals surface area contributed by atoms with Crippen LogP contribution in [-0.4, -0.2) is 50.9 Å². The van der Waals surface area contributed by atoms with Crippen LogP contribution in [0.25, 0.3) is 0 Å². The van der Waals surface area contributed by atoms with Crippen molar-refractivity contribution in [1.82, 2.24) is 0 Å². The number of methoxy groups -OCH3 is 2. The van der Waals surface area contributed by atoms with E-state index < -0.39 is 30.1 Å². The van der Waals surface area contributed by atoms with E-state index in [1.54, 1.807) is 24.3 Å². The summed E-state index contributed by atoms with van der Waals surface area (Å²) in [5.74, 6) is -2.08. The average Bonchev–Trinajstić information content (AvgIpc) is 2.61. The van der Waals surface area contributed by atoms with Crippen LogP contribution >= 0.6 is 0 Å². The van der Waals surface area contributed by atoms with E-state index in [0.717, 1.165) is 5.56 Å². The van der Waals surface area contributed by atoms with Gasteiger partial charge in [-0.1, -0.05) is 36.9 Å². The lowest BCUT2D eigenvalue weighted by atomic mass is 10.1. The molecule has 0 fully saturated rings. The van der Waals surface area contributed by atoms with E-state index in [0.29, 0.717) is 0 Å². The molecular weight excluding hydrogens is 340 g/mol. The molecule has 0 aliphatic carbocycles. The predicted molar refractivity (Wildman–Crippen MR) is 93.2 cm³/mol. The normalized spacial score (nSPS) is 12.7. The van der Waals surface area contributed by atoms with E-state index in [2.05, 4.69) is 6.58 Å². The first-order valence-corrected chi connectivity index (χ1v) is 8.05. The van der Waals surface area contributed by atoms with Crippen molar-refractivity contribution in [2.45, 2.75) is 32.0 Å². The Labute approximate surface area is 152 Å². The SMILES string of the molecule is C=C(C)C(=O)OCCC(OC)C(OC)C(=O)OC(=O)Cc1ccccc1. The molecule has 0 radical (unpaired) electrons. The molecule has 7 heteroatoms. The summed E-state index contributed by atoms with van der Waals surface area (Å²) < 4.78 is 20.2. The second-order valence-electron chi connectivity index (χ2n) is 5.59. The molecule has 2 atom stereocenters. The number of rotatable bonds is 10. The molecule has 0 spiro atoms. The fourth-order valence-corrected chi connectivity index (χ4v) is 2.15. The van der Waals surface area contributed by atoms with Gasteiger partial charge in [0.2, 0.25) is 0 Å².